The number of rotatable bonds is 8. The van der Waals surface area contributed by atoms with Gasteiger partial charge in [-0.25, -0.2) is 13.1 Å². The van der Waals surface area contributed by atoms with Gasteiger partial charge in [-0.15, -0.1) is 0 Å². The van der Waals surface area contributed by atoms with Crippen molar-refractivity contribution in [1.82, 2.24) is 15.1 Å². The predicted molar refractivity (Wildman–Crippen MR) is 113 cm³/mol. The highest BCUT2D eigenvalue weighted by molar-refractivity contribution is 7.91. The van der Waals surface area contributed by atoms with Gasteiger partial charge in [0.25, 0.3) is 5.91 Å². The second kappa shape index (κ2) is 9.24. The average molecular weight is 432 g/mol. The molecule has 6 nitrogen and oxygen atoms in total. The van der Waals surface area contributed by atoms with Crippen LogP contribution < -0.4 is 5.32 Å². The number of sulfone groups is 1. The van der Waals surface area contributed by atoms with Crippen LogP contribution in [-0.4, -0.2) is 36.4 Å². The van der Waals surface area contributed by atoms with Crippen LogP contribution in [0.1, 0.15) is 29.4 Å². The summed E-state index contributed by atoms with van der Waals surface area (Å²) in [6.07, 6.45) is 2.46. The molecule has 0 fully saturated rings. The van der Waals surface area contributed by atoms with E-state index in [4.69, 9.17) is 11.6 Å². The van der Waals surface area contributed by atoms with Crippen molar-refractivity contribution in [2.45, 2.75) is 24.7 Å². The number of carbonyl (C=O) groups excluding carboxylic acids is 1. The molecule has 1 amide bonds. The fraction of sp³-hybridized carbons (Fsp3) is 0.238. The molecule has 0 atom stereocenters. The first-order valence-corrected chi connectivity index (χ1v) is 11.3. The van der Waals surface area contributed by atoms with E-state index in [-0.39, 0.29) is 18.2 Å². The number of halogens is 1. The van der Waals surface area contributed by atoms with Gasteiger partial charge in [-0.3, -0.25) is 4.79 Å². The molecule has 0 aliphatic rings. The first-order valence-electron chi connectivity index (χ1n) is 9.31. The van der Waals surface area contributed by atoms with Crippen LogP contribution in [0.3, 0.4) is 0 Å². The Hall–Kier alpha value is -2.64. The molecular weight excluding hydrogens is 410 g/mol. The van der Waals surface area contributed by atoms with Crippen molar-refractivity contribution in [2.24, 2.45) is 0 Å². The van der Waals surface area contributed by atoms with Gasteiger partial charge >= 0.3 is 0 Å². The minimum atomic E-state index is -3.35. The highest BCUT2D eigenvalue weighted by atomic mass is 35.5. The summed E-state index contributed by atoms with van der Waals surface area (Å²) in [6, 6.07) is 15.6. The lowest BCUT2D eigenvalue weighted by Gasteiger charge is -2.09. The van der Waals surface area contributed by atoms with Gasteiger partial charge in [-0.05, 0) is 43.2 Å². The summed E-state index contributed by atoms with van der Waals surface area (Å²) in [5.41, 5.74) is 2.02. The Kier molecular flexibility index (Phi) is 6.71. The first kappa shape index (κ1) is 21.1. The number of aromatic nitrogens is 2. The van der Waals surface area contributed by atoms with Crippen LogP contribution in [0, 0.1) is 0 Å². The number of nitrogens with one attached hydrogen (secondary N) is 1. The Balaban J connectivity index is 1.63. The molecule has 1 N–H and O–H groups in total. The molecule has 29 heavy (non-hydrogen) atoms. The third-order valence-electron chi connectivity index (χ3n) is 4.48. The van der Waals surface area contributed by atoms with Crippen LogP contribution in [0.15, 0.2) is 65.7 Å². The Morgan fingerprint density at radius 3 is 2.59 bits per heavy atom. The molecule has 0 spiro atoms. The van der Waals surface area contributed by atoms with Crippen LogP contribution in [-0.2, 0) is 16.3 Å². The van der Waals surface area contributed by atoms with E-state index in [0.29, 0.717) is 28.3 Å². The standard InChI is InChI=1S/C21H22ClN3O3S/c1-2-20-19(15-24-25(20)17-9-6-8-16(22)14-17)21(26)23-12-7-13-29(27,28)18-10-4-3-5-11-18/h3-6,8-11,14-15H,2,7,12-13H2,1H3,(H,23,26). The van der Waals surface area contributed by atoms with Gasteiger partial charge in [0.05, 0.1) is 33.8 Å². The van der Waals surface area contributed by atoms with E-state index in [2.05, 4.69) is 10.4 Å². The quantitative estimate of drug-likeness (QED) is 0.551. The molecule has 0 aliphatic carbocycles. The molecule has 3 rings (SSSR count). The number of amides is 1. The third-order valence-corrected chi connectivity index (χ3v) is 6.53. The number of hydrogen-bond donors (Lipinski definition) is 1. The van der Waals surface area contributed by atoms with Crippen molar-refractivity contribution >= 4 is 27.3 Å². The van der Waals surface area contributed by atoms with Gasteiger partial charge in [0.1, 0.15) is 0 Å². The van der Waals surface area contributed by atoms with Gasteiger partial charge in [-0.2, -0.15) is 5.10 Å². The summed E-state index contributed by atoms with van der Waals surface area (Å²) in [5, 5.41) is 7.71. The number of nitrogens with zero attached hydrogens (tertiary/aromatic N) is 2. The molecule has 1 heterocycles. The fourth-order valence-corrected chi connectivity index (χ4v) is 4.56. The van der Waals surface area contributed by atoms with Gasteiger partial charge in [-0.1, -0.05) is 42.8 Å². The maximum atomic E-state index is 12.6. The Labute approximate surface area is 175 Å². The lowest BCUT2D eigenvalue weighted by molar-refractivity contribution is 0.0952. The smallest absolute Gasteiger partial charge is 0.254 e. The van der Waals surface area contributed by atoms with Gasteiger partial charge in [0.15, 0.2) is 9.84 Å². The molecule has 0 saturated heterocycles. The van der Waals surface area contributed by atoms with Crippen molar-refractivity contribution in [3.8, 4) is 5.69 Å². The fourth-order valence-electron chi connectivity index (χ4n) is 3.04. The zero-order valence-corrected chi connectivity index (χ0v) is 17.6. The molecule has 0 radical (unpaired) electrons. The lowest BCUT2D eigenvalue weighted by Crippen LogP contribution is -2.26. The highest BCUT2D eigenvalue weighted by Gasteiger charge is 2.18. The van der Waals surface area contributed by atoms with Crippen molar-refractivity contribution < 1.29 is 13.2 Å². The van der Waals surface area contributed by atoms with E-state index in [1.807, 2.05) is 19.1 Å². The summed E-state index contributed by atoms with van der Waals surface area (Å²) in [4.78, 5) is 12.9. The number of benzene rings is 2. The molecule has 0 unspecified atom stereocenters. The zero-order valence-electron chi connectivity index (χ0n) is 16.0. The summed E-state index contributed by atoms with van der Waals surface area (Å²) < 4.78 is 26.3. The van der Waals surface area contributed by atoms with E-state index in [1.165, 1.54) is 6.20 Å². The molecular formula is C21H22ClN3O3S. The van der Waals surface area contributed by atoms with Crippen molar-refractivity contribution in [3.05, 3.63) is 77.1 Å². The second-order valence-corrected chi connectivity index (χ2v) is 9.04. The van der Waals surface area contributed by atoms with E-state index in [1.54, 1.807) is 47.1 Å². The molecule has 8 heteroatoms. The topological polar surface area (TPSA) is 81.1 Å². The molecule has 1 aromatic heterocycles. The molecule has 2 aromatic carbocycles. The summed E-state index contributed by atoms with van der Waals surface area (Å²) in [5.74, 6) is -0.299. The van der Waals surface area contributed by atoms with Gasteiger partial charge in [0.2, 0.25) is 0 Å². The molecule has 0 saturated carbocycles. The zero-order chi connectivity index (χ0) is 20.9. The minimum absolute atomic E-state index is 0.0281. The van der Waals surface area contributed by atoms with Gasteiger partial charge < -0.3 is 5.32 Å². The van der Waals surface area contributed by atoms with Crippen LogP contribution in [0.25, 0.3) is 5.69 Å². The van der Waals surface area contributed by atoms with Crippen LogP contribution >= 0.6 is 11.6 Å². The minimum Gasteiger partial charge on any atom is -0.352 e. The summed E-state index contributed by atoms with van der Waals surface area (Å²) in [6.45, 7) is 2.21. The number of hydrogen-bond acceptors (Lipinski definition) is 4. The normalized spacial score (nSPS) is 11.4. The maximum absolute atomic E-state index is 12.6. The third kappa shape index (κ3) is 5.05. The first-order chi connectivity index (χ1) is 13.9. The van der Waals surface area contributed by atoms with Gasteiger partial charge in [0, 0.05) is 11.6 Å². The van der Waals surface area contributed by atoms with E-state index in [9.17, 15) is 13.2 Å². The van der Waals surface area contributed by atoms with Crippen molar-refractivity contribution in [1.29, 1.82) is 0 Å². The van der Waals surface area contributed by atoms with E-state index < -0.39 is 9.84 Å². The summed E-state index contributed by atoms with van der Waals surface area (Å²) in [7, 11) is -3.35. The second-order valence-electron chi connectivity index (χ2n) is 6.49. The Bertz CT molecular complexity index is 1100. The van der Waals surface area contributed by atoms with Crippen molar-refractivity contribution in [2.75, 3.05) is 12.3 Å². The Morgan fingerprint density at radius 2 is 1.90 bits per heavy atom. The molecule has 152 valence electrons. The monoisotopic (exact) mass is 431 g/mol. The van der Waals surface area contributed by atoms with Crippen LogP contribution in [0.4, 0.5) is 0 Å². The maximum Gasteiger partial charge on any atom is 0.254 e. The molecule has 0 aliphatic heterocycles. The average Bonchev–Trinajstić information content (AvgIpc) is 3.16. The molecule has 3 aromatic rings. The highest BCUT2D eigenvalue weighted by Crippen LogP contribution is 2.19. The Morgan fingerprint density at radius 1 is 1.14 bits per heavy atom. The van der Waals surface area contributed by atoms with Crippen LogP contribution in [0.2, 0.25) is 5.02 Å². The lowest BCUT2D eigenvalue weighted by atomic mass is 10.2. The van der Waals surface area contributed by atoms with Crippen molar-refractivity contribution in [3.63, 3.8) is 0 Å². The van der Waals surface area contributed by atoms with Crippen LogP contribution in [0.5, 0.6) is 0 Å². The van der Waals surface area contributed by atoms with E-state index in [0.717, 1.165) is 11.4 Å². The number of carbonyl (C=O) groups is 1. The van der Waals surface area contributed by atoms with E-state index >= 15 is 0 Å². The predicted octanol–water partition coefficient (Wildman–Crippen LogP) is 3.68. The summed E-state index contributed by atoms with van der Waals surface area (Å²) >= 11 is 6.06. The largest absolute Gasteiger partial charge is 0.352 e. The molecule has 0 bridgehead atoms. The SMILES string of the molecule is CCc1c(C(=O)NCCCS(=O)(=O)c2ccccc2)cnn1-c1cccc(Cl)c1.